The highest BCUT2D eigenvalue weighted by Crippen LogP contribution is 2.17. The van der Waals surface area contributed by atoms with E-state index in [9.17, 15) is 14.4 Å². The monoisotopic (exact) mass is 352 g/mol. The predicted octanol–water partition coefficient (Wildman–Crippen LogP) is 4.80. The lowest BCUT2D eigenvalue weighted by atomic mass is 10.1. The van der Waals surface area contributed by atoms with Crippen molar-refractivity contribution >= 4 is 17.7 Å². The normalized spacial score (nSPS) is 11.1. The Hall–Kier alpha value is -3.13. The van der Waals surface area contributed by atoms with Gasteiger partial charge in [0.2, 0.25) is 0 Å². The highest BCUT2D eigenvalue weighted by Gasteiger charge is 2.11. The number of benzene rings is 2. The molecule has 26 heavy (non-hydrogen) atoms. The van der Waals surface area contributed by atoms with Crippen LogP contribution in [-0.4, -0.2) is 12.5 Å². The van der Waals surface area contributed by atoms with E-state index >= 15 is 0 Å². The van der Waals surface area contributed by atoms with Gasteiger partial charge in [-0.05, 0) is 48.2 Å². The van der Waals surface area contributed by atoms with Gasteiger partial charge in [0.05, 0.1) is 12.3 Å². The van der Waals surface area contributed by atoms with Crippen molar-refractivity contribution in [2.45, 2.75) is 20.3 Å². The fourth-order valence-corrected chi connectivity index (χ4v) is 2.14. The van der Waals surface area contributed by atoms with E-state index in [1.165, 1.54) is 24.3 Å². The maximum Gasteiger partial charge on any atom is 0.266 e. The van der Waals surface area contributed by atoms with Crippen molar-refractivity contribution < 1.29 is 13.9 Å². The number of amides is 1. The molecule has 2 aromatic rings. The first-order valence-electron chi connectivity index (χ1n) is 8.40. The largest absolute Gasteiger partial charge is 0.494 e. The number of hydrogen-bond donors (Lipinski definition) is 1. The van der Waals surface area contributed by atoms with Crippen LogP contribution in [0.1, 0.15) is 25.8 Å². The minimum absolute atomic E-state index is 0.0348. The smallest absolute Gasteiger partial charge is 0.266 e. The number of nitriles is 1. The zero-order valence-electron chi connectivity index (χ0n) is 14.8. The van der Waals surface area contributed by atoms with E-state index in [4.69, 9.17) is 4.74 Å². The second-order valence-electron chi connectivity index (χ2n) is 6.20. The summed E-state index contributed by atoms with van der Waals surface area (Å²) in [7, 11) is 0. The summed E-state index contributed by atoms with van der Waals surface area (Å²) in [5.41, 5.74) is 0.607. The van der Waals surface area contributed by atoms with Gasteiger partial charge in [-0.2, -0.15) is 5.26 Å². The average molecular weight is 352 g/mol. The first-order chi connectivity index (χ1) is 12.5. The summed E-state index contributed by atoms with van der Waals surface area (Å²) in [6, 6.07) is 14.8. The Labute approximate surface area is 152 Å². The van der Waals surface area contributed by atoms with E-state index in [1.54, 1.807) is 30.3 Å². The average Bonchev–Trinajstić information content (AvgIpc) is 2.62. The molecule has 0 radical (unpaired) electrons. The number of nitrogens with one attached hydrogen (secondary N) is 1. The van der Waals surface area contributed by atoms with Crippen molar-refractivity contribution in [3.63, 3.8) is 0 Å². The zero-order valence-corrected chi connectivity index (χ0v) is 14.8. The minimum atomic E-state index is -0.658. The number of para-hydroxylation sites is 1. The Kier molecular flexibility index (Phi) is 6.92. The van der Waals surface area contributed by atoms with Crippen molar-refractivity contribution in [2.75, 3.05) is 11.9 Å². The van der Waals surface area contributed by atoms with Crippen LogP contribution in [0.3, 0.4) is 0 Å². The lowest BCUT2D eigenvalue weighted by molar-refractivity contribution is -0.112. The number of halogens is 1. The first kappa shape index (κ1) is 19.2. The number of carbonyl (C=O) groups excluding carboxylic acids is 1. The molecule has 4 nitrogen and oxygen atoms in total. The number of ether oxygens (including phenoxy) is 1. The van der Waals surface area contributed by atoms with Gasteiger partial charge in [-0.15, -0.1) is 0 Å². The molecule has 2 rings (SSSR count). The molecule has 0 saturated carbocycles. The maximum atomic E-state index is 13.6. The summed E-state index contributed by atoms with van der Waals surface area (Å²) in [4.78, 5) is 12.2. The molecule has 0 spiro atoms. The van der Waals surface area contributed by atoms with Gasteiger partial charge in [0.25, 0.3) is 5.91 Å². The van der Waals surface area contributed by atoms with Gasteiger partial charge in [-0.3, -0.25) is 4.79 Å². The van der Waals surface area contributed by atoms with Crippen LogP contribution in [0.15, 0.2) is 54.1 Å². The van der Waals surface area contributed by atoms with E-state index < -0.39 is 11.7 Å². The van der Waals surface area contributed by atoms with Crippen molar-refractivity contribution in [2.24, 2.45) is 5.92 Å². The zero-order chi connectivity index (χ0) is 18.9. The molecular weight excluding hydrogens is 331 g/mol. The molecule has 0 aromatic heterocycles. The van der Waals surface area contributed by atoms with Crippen LogP contribution in [0.5, 0.6) is 5.75 Å². The second kappa shape index (κ2) is 9.38. The molecule has 1 amide bonds. The summed E-state index contributed by atoms with van der Waals surface area (Å²) < 4.78 is 19.2. The van der Waals surface area contributed by atoms with Crippen molar-refractivity contribution in [3.05, 3.63) is 65.5 Å². The fourth-order valence-electron chi connectivity index (χ4n) is 2.14. The molecule has 0 atom stereocenters. The Bertz CT molecular complexity index is 821. The molecule has 0 aliphatic heterocycles. The van der Waals surface area contributed by atoms with Gasteiger partial charge < -0.3 is 10.1 Å². The highest BCUT2D eigenvalue weighted by molar-refractivity contribution is 6.09. The predicted molar refractivity (Wildman–Crippen MR) is 100 cm³/mol. The van der Waals surface area contributed by atoms with Crippen molar-refractivity contribution in [1.82, 2.24) is 0 Å². The van der Waals surface area contributed by atoms with Gasteiger partial charge in [-0.1, -0.05) is 38.1 Å². The number of nitrogens with zero attached hydrogens (tertiary/aromatic N) is 1. The molecule has 5 heteroatoms. The van der Waals surface area contributed by atoms with Crippen LogP contribution in [0.4, 0.5) is 10.1 Å². The quantitative estimate of drug-likeness (QED) is 0.575. The summed E-state index contributed by atoms with van der Waals surface area (Å²) in [5, 5.41) is 11.6. The van der Waals surface area contributed by atoms with Crippen LogP contribution >= 0.6 is 0 Å². The van der Waals surface area contributed by atoms with Gasteiger partial charge in [0.1, 0.15) is 23.2 Å². The third kappa shape index (κ3) is 5.75. The Morgan fingerprint density at radius 2 is 1.92 bits per heavy atom. The maximum absolute atomic E-state index is 13.6. The first-order valence-corrected chi connectivity index (χ1v) is 8.40. The van der Waals surface area contributed by atoms with E-state index in [0.29, 0.717) is 18.1 Å². The van der Waals surface area contributed by atoms with E-state index in [-0.39, 0.29) is 11.3 Å². The molecule has 0 fully saturated rings. The molecule has 0 heterocycles. The van der Waals surface area contributed by atoms with Crippen LogP contribution in [0.25, 0.3) is 6.08 Å². The summed E-state index contributed by atoms with van der Waals surface area (Å²) in [6.07, 6.45) is 2.42. The topological polar surface area (TPSA) is 62.1 Å². The summed E-state index contributed by atoms with van der Waals surface area (Å²) in [5.74, 6) is 0.0939. The molecule has 0 saturated heterocycles. The van der Waals surface area contributed by atoms with Gasteiger partial charge in [0.15, 0.2) is 0 Å². The Morgan fingerprint density at radius 1 is 1.23 bits per heavy atom. The van der Waals surface area contributed by atoms with Crippen molar-refractivity contribution in [1.29, 1.82) is 5.26 Å². The number of rotatable bonds is 7. The minimum Gasteiger partial charge on any atom is -0.494 e. The van der Waals surface area contributed by atoms with Gasteiger partial charge in [-0.25, -0.2) is 4.39 Å². The van der Waals surface area contributed by atoms with Crippen LogP contribution in [0.2, 0.25) is 0 Å². The second-order valence-corrected chi connectivity index (χ2v) is 6.20. The molecule has 0 unspecified atom stereocenters. The number of anilines is 1. The molecule has 0 bridgehead atoms. The lowest BCUT2D eigenvalue weighted by Crippen LogP contribution is -2.14. The van der Waals surface area contributed by atoms with E-state index in [2.05, 4.69) is 19.2 Å². The van der Waals surface area contributed by atoms with Gasteiger partial charge >= 0.3 is 0 Å². The SMILES string of the molecule is CC(C)CCOc1ccc(C=C(C#N)C(=O)Nc2ccccc2F)cc1. The Morgan fingerprint density at radius 3 is 2.54 bits per heavy atom. The Balaban J connectivity index is 2.04. The summed E-state index contributed by atoms with van der Waals surface area (Å²) >= 11 is 0. The molecule has 134 valence electrons. The highest BCUT2D eigenvalue weighted by atomic mass is 19.1. The number of carbonyl (C=O) groups is 1. The van der Waals surface area contributed by atoms with E-state index in [1.807, 2.05) is 6.07 Å². The molecular formula is C21H21FN2O2. The molecule has 0 aliphatic rings. The van der Waals surface area contributed by atoms with Crippen molar-refractivity contribution in [3.8, 4) is 11.8 Å². The van der Waals surface area contributed by atoms with Crippen LogP contribution < -0.4 is 10.1 Å². The molecule has 2 aromatic carbocycles. The fraction of sp³-hybridized carbons (Fsp3) is 0.238. The third-order valence-corrected chi connectivity index (χ3v) is 3.64. The van der Waals surface area contributed by atoms with Crippen LogP contribution in [-0.2, 0) is 4.79 Å². The standard InChI is InChI=1S/C21H21FN2O2/c1-15(2)11-12-26-18-9-7-16(8-10-18)13-17(14-23)21(25)24-20-6-4-3-5-19(20)22/h3-10,13,15H,11-12H2,1-2H3,(H,24,25). The van der Waals surface area contributed by atoms with Crippen LogP contribution in [0, 0.1) is 23.1 Å². The summed E-state index contributed by atoms with van der Waals surface area (Å²) in [6.45, 7) is 4.90. The third-order valence-electron chi connectivity index (χ3n) is 3.64. The molecule has 0 aliphatic carbocycles. The van der Waals surface area contributed by atoms with E-state index in [0.717, 1.165) is 12.2 Å². The lowest BCUT2D eigenvalue weighted by Gasteiger charge is -2.08. The number of hydrogen-bond acceptors (Lipinski definition) is 3. The van der Waals surface area contributed by atoms with Gasteiger partial charge in [0, 0.05) is 0 Å². The molecule has 1 N–H and O–H groups in total.